The standard InChI is InChI=1S/C12H17NO/c1-10(12(14)7-8-13)9-11-5-3-2-4-6-11/h2-6,9,12,14H,7-8,13H2,1H3/b10-9+/t12-/m1/s1. The highest BCUT2D eigenvalue weighted by Gasteiger charge is 2.04. The van der Waals surface area contributed by atoms with Crippen LogP contribution >= 0.6 is 0 Å². The van der Waals surface area contributed by atoms with E-state index in [0.29, 0.717) is 13.0 Å². The first-order valence-electron chi connectivity index (χ1n) is 4.85. The zero-order valence-corrected chi connectivity index (χ0v) is 8.48. The Hall–Kier alpha value is -1.12. The highest BCUT2D eigenvalue weighted by Crippen LogP contribution is 2.11. The van der Waals surface area contributed by atoms with E-state index in [1.54, 1.807) is 0 Å². The van der Waals surface area contributed by atoms with Gasteiger partial charge in [-0.2, -0.15) is 0 Å². The lowest BCUT2D eigenvalue weighted by molar-refractivity contribution is 0.204. The maximum Gasteiger partial charge on any atom is 0.0762 e. The van der Waals surface area contributed by atoms with E-state index < -0.39 is 6.10 Å². The molecule has 0 spiro atoms. The monoisotopic (exact) mass is 191 g/mol. The highest BCUT2D eigenvalue weighted by atomic mass is 16.3. The fourth-order valence-electron chi connectivity index (χ4n) is 1.29. The summed E-state index contributed by atoms with van der Waals surface area (Å²) in [7, 11) is 0. The van der Waals surface area contributed by atoms with Gasteiger partial charge in [-0.05, 0) is 31.0 Å². The molecule has 0 amide bonds. The number of hydrogen-bond acceptors (Lipinski definition) is 2. The topological polar surface area (TPSA) is 46.2 Å². The fraction of sp³-hybridized carbons (Fsp3) is 0.333. The molecule has 0 radical (unpaired) electrons. The van der Waals surface area contributed by atoms with Crippen LogP contribution in [-0.2, 0) is 0 Å². The van der Waals surface area contributed by atoms with Crippen molar-refractivity contribution in [2.75, 3.05) is 6.54 Å². The molecule has 0 aliphatic heterocycles. The third-order valence-electron chi connectivity index (χ3n) is 2.16. The average Bonchev–Trinajstić information content (AvgIpc) is 2.19. The van der Waals surface area contributed by atoms with Crippen LogP contribution in [0.15, 0.2) is 35.9 Å². The normalized spacial score (nSPS) is 14.1. The second kappa shape index (κ2) is 5.58. The van der Waals surface area contributed by atoms with Gasteiger partial charge in [0.25, 0.3) is 0 Å². The van der Waals surface area contributed by atoms with Crippen LogP contribution in [0, 0.1) is 0 Å². The van der Waals surface area contributed by atoms with Crippen molar-refractivity contribution in [1.82, 2.24) is 0 Å². The molecule has 0 aromatic heterocycles. The van der Waals surface area contributed by atoms with E-state index >= 15 is 0 Å². The molecule has 76 valence electrons. The van der Waals surface area contributed by atoms with Gasteiger partial charge >= 0.3 is 0 Å². The molecule has 0 fully saturated rings. The second-order valence-electron chi connectivity index (χ2n) is 3.39. The molecule has 0 saturated carbocycles. The third-order valence-corrected chi connectivity index (χ3v) is 2.16. The number of aliphatic hydroxyl groups is 1. The quantitative estimate of drug-likeness (QED) is 0.762. The van der Waals surface area contributed by atoms with Crippen molar-refractivity contribution in [2.45, 2.75) is 19.4 Å². The first-order chi connectivity index (χ1) is 6.74. The van der Waals surface area contributed by atoms with Crippen molar-refractivity contribution in [1.29, 1.82) is 0 Å². The molecule has 0 aliphatic carbocycles. The lowest BCUT2D eigenvalue weighted by Gasteiger charge is -2.09. The van der Waals surface area contributed by atoms with Crippen LogP contribution in [0.3, 0.4) is 0 Å². The summed E-state index contributed by atoms with van der Waals surface area (Å²) < 4.78 is 0. The summed E-state index contributed by atoms with van der Waals surface area (Å²) in [5.41, 5.74) is 7.45. The van der Waals surface area contributed by atoms with E-state index in [1.165, 1.54) is 0 Å². The van der Waals surface area contributed by atoms with Gasteiger partial charge in [0, 0.05) is 0 Å². The van der Waals surface area contributed by atoms with Gasteiger partial charge in [0.1, 0.15) is 0 Å². The van der Waals surface area contributed by atoms with Crippen LogP contribution in [0.25, 0.3) is 6.08 Å². The Morgan fingerprint density at radius 1 is 1.43 bits per heavy atom. The third kappa shape index (κ3) is 3.32. The van der Waals surface area contributed by atoms with E-state index in [-0.39, 0.29) is 0 Å². The molecular weight excluding hydrogens is 174 g/mol. The Labute approximate surface area is 85.1 Å². The lowest BCUT2D eigenvalue weighted by Crippen LogP contribution is -2.14. The van der Waals surface area contributed by atoms with Crippen molar-refractivity contribution in [2.24, 2.45) is 5.73 Å². The van der Waals surface area contributed by atoms with Gasteiger partial charge in [-0.15, -0.1) is 0 Å². The Balaban J connectivity index is 2.68. The van der Waals surface area contributed by atoms with Crippen LogP contribution in [-0.4, -0.2) is 17.8 Å². The van der Waals surface area contributed by atoms with Crippen LogP contribution in [0.2, 0.25) is 0 Å². The Bertz CT molecular complexity index is 292. The molecule has 14 heavy (non-hydrogen) atoms. The molecule has 1 aromatic rings. The molecule has 1 atom stereocenters. The van der Waals surface area contributed by atoms with Gasteiger partial charge in [-0.25, -0.2) is 0 Å². The number of benzene rings is 1. The van der Waals surface area contributed by atoms with Crippen molar-refractivity contribution >= 4 is 6.08 Å². The number of rotatable bonds is 4. The van der Waals surface area contributed by atoms with Crippen molar-refractivity contribution < 1.29 is 5.11 Å². The number of hydrogen-bond donors (Lipinski definition) is 2. The van der Waals surface area contributed by atoms with E-state index in [9.17, 15) is 5.11 Å². The summed E-state index contributed by atoms with van der Waals surface area (Å²) in [6.45, 7) is 2.44. The second-order valence-corrected chi connectivity index (χ2v) is 3.39. The molecule has 3 N–H and O–H groups in total. The fourth-order valence-corrected chi connectivity index (χ4v) is 1.29. The molecule has 1 aromatic carbocycles. The molecule has 1 rings (SSSR count). The maximum atomic E-state index is 9.63. The Kier molecular flexibility index (Phi) is 4.36. The largest absolute Gasteiger partial charge is 0.389 e. The van der Waals surface area contributed by atoms with Crippen LogP contribution in [0.4, 0.5) is 0 Å². The van der Waals surface area contributed by atoms with E-state index in [4.69, 9.17) is 5.73 Å². The number of aliphatic hydroxyl groups excluding tert-OH is 1. The Morgan fingerprint density at radius 3 is 2.64 bits per heavy atom. The van der Waals surface area contributed by atoms with Crippen LogP contribution in [0.1, 0.15) is 18.9 Å². The van der Waals surface area contributed by atoms with Crippen LogP contribution < -0.4 is 5.73 Å². The predicted octanol–water partition coefficient (Wildman–Crippen LogP) is 1.80. The zero-order valence-electron chi connectivity index (χ0n) is 8.48. The van der Waals surface area contributed by atoms with Gasteiger partial charge in [-0.1, -0.05) is 36.4 Å². The van der Waals surface area contributed by atoms with Crippen LogP contribution in [0.5, 0.6) is 0 Å². The zero-order chi connectivity index (χ0) is 10.4. The molecule has 0 aliphatic rings. The minimum absolute atomic E-state index is 0.416. The minimum atomic E-state index is -0.416. The van der Waals surface area contributed by atoms with Crippen molar-refractivity contribution in [3.8, 4) is 0 Å². The van der Waals surface area contributed by atoms with Crippen molar-refractivity contribution in [3.63, 3.8) is 0 Å². The van der Waals surface area contributed by atoms with Gasteiger partial charge in [0.2, 0.25) is 0 Å². The highest BCUT2D eigenvalue weighted by molar-refractivity contribution is 5.52. The summed E-state index contributed by atoms with van der Waals surface area (Å²) in [5.74, 6) is 0. The molecule has 0 heterocycles. The molecular formula is C12H17NO. The molecule has 0 bridgehead atoms. The van der Waals surface area contributed by atoms with E-state index in [0.717, 1.165) is 11.1 Å². The predicted molar refractivity (Wildman–Crippen MR) is 59.8 cm³/mol. The van der Waals surface area contributed by atoms with Crippen molar-refractivity contribution in [3.05, 3.63) is 41.5 Å². The SMILES string of the molecule is C/C(=C\c1ccccc1)[C@H](O)CCN. The van der Waals surface area contributed by atoms with E-state index in [1.807, 2.05) is 43.3 Å². The summed E-state index contributed by atoms with van der Waals surface area (Å²) in [6, 6.07) is 9.96. The first-order valence-corrected chi connectivity index (χ1v) is 4.85. The van der Waals surface area contributed by atoms with Gasteiger partial charge < -0.3 is 10.8 Å². The van der Waals surface area contributed by atoms with Gasteiger partial charge in [-0.3, -0.25) is 0 Å². The van der Waals surface area contributed by atoms with E-state index in [2.05, 4.69) is 0 Å². The molecule has 2 heteroatoms. The molecule has 0 saturated heterocycles. The lowest BCUT2D eigenvalue weighted by atomic mass is 10.1. The number of nitrogens with two attached hydrogens (primary N) is 1. The summed E-state index contributed by atoms with van der Waals surface area (Å²) >= 11 is 0. The average molecular weight is 191 g/mol. The smallest absolute Gasteiger partial charge is 0.0762 e. The first kappa shape index (κ1) is 11.0. The van der Waals surface area contributed by atoms with Gasteiger partial charge in [0.05, 0.1) is 6.10 Å². The molecule has 0 unspecified atom stereocenters. The van der Waals surface area contributed by atoms with Gasteiger partial charge in [0.15, 0.2) is 0 Å². The summed E-state index contributed by atoms with van der Waals surface area (Å²) in [6.07, 6.45) is 2.19. The minimum Gasteiger partial charge on any atom is -0.389 e. The summed E-state index contributed by atoms with van der Waals surface area (Å²) in [5, 5.41) is 9.63. The summed E-state index contributed by atoms with van der Waals surface area (Å²) in [4.78, 5) is 0. The Morgan fingerprint density at radius 2 is 2.07 bits per heavy atom. The maximum absolute atomic E-state index is 9.63. The molecule has 2 nitrogen and oxygen atoms in total.